The summed E-state index contributed by atoms with van der Waals surface area (Å²) >= 11 is 1.59. The van der Waals surface area contributed by atoms with Crippen molar-refractivity contribution in [1.82, 2.24) is 15.0 Å². The van der Waals surface area contributed by atoms with Crippen LogP contribution in [0.3, 0.4) is 0 Å². The van der Waals surface area contributed by atoms with E-state index in [0.717, 1.165) is 44.9 Å². The SMILES string of the molecule is Cc1ccc(NC(=O)c2cccc(C(F)(F)F)c2)cc1Cc1nc(-c2cccs2)c2[nH]ccc2n1. The first-order valence-electron chi connectivity index (χ1n) is 10.7. The number of thiophene rings is 1. The number of H-pyrrole nitrogens is 1. The van der Waals surface area contributed by atoms with Crippen LogP contribution in [-0.4, -0.2) is 20.9 Å². The van der Waals surface area contributed by atoms with E-state index < -0.39 is 17.6 Å². The summed E-state index contributed by atoms with van der Waals surface area (Å²) in [5, 5.41) is 4.69. The molecule has 3 heterocycles. The van der Waals surface area contributed by atoms with Gasteiger partial charge < -0.3 is 10.3 Å². The maximum absolute atomic E-state index is 13.0. The van der Waals surface area contributed by atoms with Crippen LogP contribution in [0.5, 0.6) is 0 Å². The molecule has 35 heavy (non-hydrogen) atoms. The summed E-state index contributed by atoms with van der Waals surface area (Å²) in [5.41, 5.74) is 3.94. The Morgan fingerprint density at radius 1 is 1.06 bits per heavy atom. The van der Waals surface area contributed by atoms with Crippen LogP contribution in [0.2, 0.25) is 0 Å². The van der Waals surface area contributed by atoms with E-state index in [1.807, 2.05) is 42.8 Å². The van der Waals surface area contributed by atoms with Crippen molar-refractivity contribution in [3.8, 4) is 10.6 Å². The van der Waals surface area contributed by atoms with Crippen LogP contribution < -0.4 is 5.32 Å². The monoisotopic (exact) mass is 492 g/mol. The molecule has 0 spiro atoms. The van der Waals surface area contributed by atoms with Gasteiger partial charge in [0, 0.05) is 23.9 Å². The summed E-state index contributed by atoms with van der Waals surface area (Å²) in [6, 6.07) is 15.6. The van der Waals surface area contributed by atoms with Crippen LogP contribution in [0.25, 0.3) is 21.6 Å². The molecule has 0 bridgehead atoms. The third-order valence-corrected chi connectivity index (χ3v) is 6.49. The molecule has 2 aromatic carbocycles. The van der Waals surface area contributed by atoms with Gasteiger partial charge in [0.1, 0.15) is 11.5 Å². The molecule has 5 rings (SSSR count). The zero-order valence-corrected chi connectivity index (χ0v) is 19.3. The number of amides is 1. The van der Waals surface area contributed by atoms with Crippen LogP contribution in [0, 0.1) is 6.92 Å². The number of nitrogens with zero attached hydrogens (tertiary/aromatic N) is 2. The van der Waals surface area contributed by atoms with Gasteiger partial charge in [0.15, 0.2) is 0 Å². The Kier molecular flexibility index (Phi) is 5.86. The maximum atomic E-state index is 13.0. The normalized spacial score (nSPS) is 11.7. The first kappa shape index (κ1) is 22.8. The second kappa shape index (κ2) is 8.99. The van der Waals surface area contributed by atoms with Crippen LogP contribution in [0.15, 0.2) is 72.2 Å². The van der Waals surface area contributed by atoms with E-state index in [9.17, 15) is 18.0 Å². The van der Waals surface area contributed by atoms with E-state index >= 15 is 0 Å². The second-order valence-electron chi connectivity index (χ2n) is 8.05. The largest absolute Gasteiger partial charge is 0.416 e. The molecule has 5 aromatic rings. The number of fused-ring (bicyclic) bond motifs is 1. The van der Waals surface area contributed by atoms with Gasteiger partial charge in [-0.1, -0.05) is 18.2 Å². The number of carbonyl (C=O) groups excluding carboxylic acids is 1. The van der Waals surface area contributed by atoms with E-state index in [1.54, 1.807) is 23.5 Å². The third kappa shape index (κ3) is 4.81. The first-order chi connectivity index (χ1) is 16.8. The summed E-state index contributed by atoms with van der Waals surface area (Å²) in [7, 11) is 0. The molecule has 0 fully saturated rings. The van der Waals surface area contributed by atoms with E-state index in [4.69, 9.17) is 4.98 Å². The molecule has 0 unspecified atom stereocenters. The molecule has 0 saturated carbocycles. The molecule has 3 aromatic heterocycles. The quantitative estimate of drug-likeness (QED) is 0.282. The molecular weight excluding hydrogens is 473 g/mol. The van der Waals surface area contributed by atoms with Crippen molar-refractivity contribution in [1.29, 1.82) is 0 Å². The maximum Gasteiger partial charge on any atom is 0.416 e. The van der Waals surface area contributed by atoms with Crippen molar-refractivity contribution in [2.75, 3.05) is 5.32 Å². The van der Waals surface area contributed by atoms with Gasteiger partial charge in [-0.05, 0) is 65.9 Å². The minimum Gasteiger partial charge on any atom is -0.358 e. The number of aryl methyl sites for hydroxylation is 1. The van der Waals surface area contributed by atoms with Gasteiger partial charge in [0.25, 0.3) is 5.91 Å². The number of nitrogens with one attached hydrogen (secondary N) is 2. The average molecular weight is 493 g/mol. The molecule has 0 saturated heterocycles. The smallest absolute Gasteiger partial charge is 0.358 e. The molecule has 0 aliphatic rings. The van der Waals surface area contributed by atoms with Crippen molar-refractivity contribution in [3.63, 3.8) is 0 Å². The van der Waals surface area contributed by atoms with Crippen molar-refractivity contribution in [3.05, 3.63) is 100 Å². The number of hydrogen-bond donors (Lipinski definition) is 2. The molecule has 176 valence electrons. The van der Waals surface area contributed by atoms with Gasteiger partial charge in [0.05, 0.1) is 21.5 Å². The number of aromatic amines is 1. The lowest BCUT2D eigenvalue weighted by Gasteiger charge is -2.12. The fraction of sp³-hybridized carbons (Fsp3) is 0.115. The summed E-state index contributed by atoms with van der Waals surface area (Å²) in [4.78, 5) is 26.3. The zero-order valence-electron chi connectivity index (χ0n) is 18.5. The lowest BCUT2D eigenvalue weighted by molar-refractivity contribution is -0.137. The lowest BCUT2D eigenvalue weighted by Crippen LogP contribution is -2.14. The molecule has 1 amide bonds. The Morgan fingerprint density at radius 2 is 1.91 bits per heavy atom. The highest BCUT2D eigenvalue weighted by atomic mass is 32.1. The molecule has 9 heteroatoms. The van der Waals surface area contributed by atoms with Gasteiger partial charge in [-0.15, -0.1) is 11.3 Å². The molecule has 0 radical (unpaired) electrons. The number of anilines is 1. The Bertz CT molecular complexity index is 1520. The highest BCUT2D eigenvalue weighted by molar-refractivity contribution is 7.13. The molecule has 2 N–H and O–H groups in total. The van der Waals surface area contributed by atoms with E-state index in [2.05, 4.69) is 15.3 Å². The van der Waals surface area contributed by atoms with Crippen LogP contribution in [-0.2, 0) is 12.6 Å². The van der Waals surface area contributed by atoms with Crippen molar-refractivity contribution >= 4 is 34.0 Å². The van der Waals surface area contributed by atoms with Gasteiger partial charge >= 0.3 is 6.18 Å². The number of hydrogen-bond acceptors (Lipinski definition) is 4. The Labute approximate surface area is 202 Å². The number of rotatable bonds is 5. The van der Waals surface area contributed by atoms with Crippen molar-refractivity contribution in [2.24, 2.45) is 0 Å². The molecular formula is C26H19F3N4OS. The standard InChI is InChI=1S/C26H19F3N4OS/c1-15-7-8-19(31-25(34)16-4-2-5-18(12-16)26(27,28)29)13-17(15)14-22-32-20-9-10-30-23(20)24(33-22)21-6-3-11-35-21/h2-13,30H,14H2,1H3,(H,31,34). The van der Waals surface area contributed by atoms with E-state index in [1.165, 1.54) is 12.1 Å². The highest BCUT2D eigenvalue weighted by Gasteiger charge is 2.30. The van der Waals surface area contributed by atoms with Gasteiger partial charge in [-0.2, -0.15) is 13.2 Å². The van der Waals surface area contributed by atoms with Crippen LogP contribution >= 0.6 is 11.3 Å². The molecule has 0 aliphatic carbocycles. The fourth-order valence-electron chi connectivity index (χ4n) is 3.81. The highest BCUT2D eigenvalue weighted by Crippen LogP contribution is 2.31. The predicted molar refractivity (Wildman–Crippen MR) is 131 cm³/mol. The van der Waals surface area contributed by atoms with Gasteiger partial charge in [-0.3, -0.25) is 4.79 Å². The predicted octanol–water partition coefficient (Wildman–Crippen LogP) is 6.86. The molecule has 0 atom stereocenters. The first-order valence-corrected chi connectivity index (χ1v) is 11.6. The Balaban J connectivity index is 1.42. The summed E-state index contributed by atoms with van der Waals surface area (Å²) in [5.74, 6) is 0.0147. The fourth-order valence-corrected chi connectivity index (χ4v) is 4.53. The minimum absolute atomic E-state index is 0.0659. The molecule has 5 nitrogen and oxygen atoms in total. The van der Waals surface area contributed by atoms with E-state index in [0.29, 0.717) is 17.9 Å². The zero-order chi connectivity index (χ0) is 24.6. The minimum atomic E-state index is -4.52. The topological polar surface area (TPSA) is 70.7 Å². The summed E-state index contributed by atoms with van der Waals surface area (Å²) in [6.45, 7) is 1.95. The lowest BCUT2D eigenvalue weighted by atomic mass is 10.0. The average Bonchev–Trinajstić information content (AvgIpc) is 3.52. The number of carbonyl (C=O) groups is 1. The van der Waals surface area contributed by atoms with Crippen molar-refractivity contribution in [2.45, 2.75) is 19.5 Å². The second-order valence-corrected chi connectivity index (χ2v) is 9.00. The van der Waals surface area contributed by atoms with Crippen LogP contribution in [0.1, 0.15) is 32.9 Å². The van der Waals surface area contributed by atoms with Crippen LogP contribution in [0.4, 0.5) is 18.9 Å². The summed E-state index contributed by atoms with van der Waals surface area (Å²) < 4.78 is 39.0. The van der Waals surface area contributed by atoms with Crippen molar-refractivity contribution < 1.29 is 18.0 Å². The Hall–Kier alpha value is -3.98. The number of alkyl halides is 3. The number of benzene rings is 2. The van der Waals surface area contributed by atoms with E-state index in [-0.39, 0.29) is 5.56 Å². The summed E-state index contributed by atoms with van der Waals surface area (Å²) in [6.07, 6.45) is -2.26. The third-order valence-electron chi connectivity index (χ3n) is 5.61. The van der Waals surface area contributed by atoms with Gasteiger partial charge in [0.2, 0.25) is 0 Å². The number of halogens is 3. The Morgan fingerprint density at radius 3 is 2.69 bits per heavy atom. The number of aromatic nitrogens is 3. The molecule has 0 aliphatic heterocycles. The van der Waals surface area contributed by atoms with Gasteiger partial charge in [-0.25, -0.2) is 9.97 Å².